The molecule has 1 aliphatic rings. The molecule has 138 valence electrons. The first-order valence-corrected chi connectivity index (χ1v) is 8.52. The van der Waals surface area contributed by atoms with Crippen LogP contribution in [0.2, 0.25) is 0 Å². The fourth-order valence-electron chi connectivity index (χ4n) is 2.94. The molecule has 1 aliphatic heterocycles. The van der Waals surface area contributed by atoms with Crippen LogP contribution in [0.3, 0.4) is 0 Å². The first-order valence-electron chi connectivity index (χ1n) is 8.52. The molecule has 2 N–H and O–H groups in total. The first-order chi connectivity index (χ1) is 11.6. The average molecular weight is 349 g/mol. The van der Waals surface area contributed by atoms with Gasteiger partial charge in [0.25, 0.3) is 0 Å². The van der Waals surface area contributed by atoms with Crippen LogP contribution in [-0.4, -0.2) is 51.3 Å². The van der Waals surface area contributed by atoms with Crippen molar-refractivity contribution >= 4 is 12.1 Å². The van der Waals surface area contributed by atoms with Gasteiger partial charge in [0, 0.05) is 25.8 Å². The van der Waals surface area contributed by atoms with Crippen LogP contribution in [0.15, 0.2) is 18.3 Å². The molecule has 0 bridgehead atoms. The number of carboxylic acids is 1. The fraction of sp³-hybridized carbons (Fsp3) is 0.611. The number of aromatic nitrogens is 1. The van der Waals surface area contributed by atoms with E-state index in [0.717, 1.165) is 17.7 Å². The molecule has 1 aromatic heterocycles. The Morgan fingerprint density at radius 1 is 1.40 bits per heavy atom. The van der Waals surface area contributed by atoms with E-state index in [1.807, 2.05) is 12.1 Å². The molecule has 7 heteroatoms. The number of rotatable bonds is 6. The maximum absolute atomic E-state index is 12.1. The summed E-state index contributed by atoms with van der Waals surface area (Å²) in [4.78, 5) is 29.3. The summed E-state index contributed by atoms with van der Waals surface area (Å²) < 4.78 is 5.34. The number of hydrogen-bond acceptors (Lipinski definition) is 5. The average Bonchev–Trinajstić information content (AvgIpc) is 2.47. The Labute approximate surface area is 148 Å². The summed E-state index contributed by atoms with van der Waals surface area (Å²) >= 11 is 0. The number of hydrogen-bond donors (Lipinski definition) is 2. The summed E-state index contributed by atoms with van der Waals surface area (Å²) in [5.41, 5.74) is 0.819. The topological polar surface area (TPSA) is 91.8 Å². The summed E-state index contributed by atoms with van der Waals surface area (Å²) in [6.45, 7) is 8.56. The van der Waals surface area contributed by atoms with Gasteiger partial charge >= 0.3 is 12.1 Å². The number of amides is 1. The van der Waals surface area contributed by atoms with Gasteiger partial charge in [0.2, 0.25) is 0 Å². The quantitative estimate of drug-likeness (QED) is 0.818. The number of likely N-dealkylation sites (tertiary alicyclic amines) is 1. The normalized spacial score (nSPS) is 16.2. The van der Waals surface area contributed by atoms with Crippen molar-refractivity contribution < 1.29 is 19.4 Å². The standard InChI is InChI=1S/C18H27N3O4/c1-5-13-7-6-8-19-14(13)10-20-18(9-15(22)23)11-21(12-18)16(24)25-17(2,3)4/h6-8,20H,5,9-12H2,1-4H3,(H,22,23). The van der Waals surface area contributed by atoms with Gasteiger partial charge < -0.3 is 20.1 Å². The highest BCUT2D eigenvalue weighted by molar-refractivity contribution is 5.73. The Hall–Kier alpha value is -2.15. The number of pyridine rings is 1. The Bertz CT molecular complexity index is 633. The van der Waals surface area contributed by atoms with E-state index in [-0.39, 0.29) is 6.42 Å². The molecule has 0 aliphatic carbocycles. The lowest BCUT2D eigenvalue weighted by Gasteiger charge is -2.49. The van der Waals surface area contributed by atoms with Crippen molar-refractivity contribution in [1.29, 1.82) is 0 Å². The van der Waals surface area contributed by atoms with Crippen molar-refractivity contribution in [2.75, 3.05) is 13.1 Å². The molecule has 2 heterocycles. The molecular formula is C18H27N3O4. The minimum absolute atomic E-state index is 0.0550. The van der Waals surface area contributed by atoms with Crippen molar-refractivity contribution in [3.63, 3.8) is 0 Å². The summed E-state index contributed by atoms with van der Waals surface area (Å²) in [6.07, 6.45) is 2.12. The van der Waals surface area contributed by atoms with Crippen LogP contribution in [0.1, 0.15) is 45.4 Å². The maximum atomic E-state index is 12.1. The number of nitrogens with zero attached hydrogens (tertiary/aromatic N) is 2. The Morgan fingerprint density at radius 3 is 2.64 bits per heavy atom. The van der Waals surface area contributed by atoms with E-state index < -0.39 is 23.2 Å². The van der Waals surface area contributed by atoms with Crippen LogP contribution in [0.25, 0.3) is 0 Å². The van der Waals surface area contributed by atoms with E-state index in [1.165, 1.54) is 4.90 Å². The fourth-order valence-corrected chi connectivity index (χ4v) is 2.94. The maximum Gasteiger partial charge on any atom is 0.410 e. The van der Waals surface area contributed by atoms with Gasteiger partial charge in [-0.2, -0.15) is 0 Å². The molecule has 1 fully saturated rings. The lowest BCUT2D eigenvalue weighted by Crippen LogP contribution is -2.71. The molecule has 0 unspecified atom stereocenters. The summed E-state index contributed by atoms with van der Waals surface area (Å²) in [5.74, 6) is -0.895. The van der Waals surface area contributed by atoms with Crippen LogP contribution < -0.4 is 5.32 Å². The predicted octanol–water partition coefficient (Wildman–Crippen LogP) is 2.20. The Balaban J connectivity index is 2.01. The number of carboxylic acid groups (broad SMARTS) is 1. The second-order valence-electron chi connectivity index (χ2n) is 7.50. The van der Waals surface area contributed by atoms with Crippen LogP contribution in [-0.2, 0) is 22.5 Å². The number of aliphatic carboxylic acids is 1. The summed E-state index contributed by atoms with van der Waals surface area (Å²) in [7, 11) is 0. The van der Waals surface area contributed by atoms with Gasteiger partial charge in [-0.1, -0.05) is 13.0 Å². The SMILES string of the molecule is CCc1cccnc1CNC1(CC(=O)O)CN(C(=O)OC(C)(C)C)C1. The van der Waals surface area contributed by atoms with Crippen LogP contribution >= 0.6 is 0 Å². The molecule has 0 radical (unpaired) electrons. The number of carbonyl (C=O) groups is 2. The van der Waals surface area contributed by atoms with Gasteiger partial charge in [0.1, 0.15) is 5.60 Å². The van der Waals surface area contributed by atoms with Crippen LogP contribution in [0.4, 0.5) is 4.79 Å². The number of ether oxygens (including phenoxy) is 1. The smallest absolute Gasteiger partial charge is 0.410 e. The largest absolute Gasteiger partial charge is 0.481 e. The molecule has 1 saturated heterocycles. The van der Waals surface area contributed by atoms with Crippen molar-refractivity contribution in [3.05, 3.63) is 29.6 Å². The molecule has 0 aromatic carbocycles. The molecule has 2 rings (SSSR count). The number of aryl methyl sites for hydroxylation is 1. The van der Waals surface area contributed by atoms with Gasteiger partial charge in [-0.05, 0) is 38.8 Å². The third-order valence-corrected chi connectivity index (χ3v) is 4.12. The third kappa shape index (κ3) is 5.16. The van der Waals surface area contributed by atoms with Gasteiger partial charge in [0.05, 0.1) is 17.7 Å². The molecule has 7 nitrogen and oxygen atoms in total. The third-order valence-electron chi connectivity index (χ3n) is 4.12. The zero-order valence-corrected chi connectivity index (χ0v) is 15.3. The Morgan fingerprint density at radius 2 is 2.08 bits per heavy atom. The molecule has 25 heavy (non-hydrogen) atoms. The zero-order valence-electron chi connectivity index (χ0n) is 15.3. The minimum Gasteiger partial charge on any atom is -0.481 e. The van der Waals surface area contributed by atoms with E-state index in [4.69, 9.17) is 4.74 Å². The second kappa shape index (κ2) is 7.39. The minimum atomic E-state index is -0.895. The summed E-state index contributed by atoms with van der Waals surface area (Å²) in [6, 6.07) is 3.91. The van der Waals surface area contributed by atoms with Crippen LogP contribution in [0.5, 0.6) is 0 Å². The zero-order chi connectivity index (χ0) is 18.7. The highest BCUT2D eigenvalue weighted by Gasteiger charge is 2.47. The van der Waals surface area contributed by atoms with Gasteiger partial charge in [-0.15, -0.1) is 0 Å². The first kappa shape index (κ1) is 19.2. The molecule has 1 aromatic rings. The Kier molecular flexibility index (Phi) is 5.67. The van der Waals surface area contributed by atoms with Gasteiger partial charge in [-0.3, -0.25) is 9.78 Å². The second-order valence-corrected chi connectivity index (χ2v) is 7.50. The van der Waals surface area contributed by atoms with Crippen molar-refractivity contribution in [3.8, 4) is 0 Å². The predicted molar refractivity (Wildman–Crippen MR) is 93.2 cm³/mol. The number of nitrogens with one attached hydrogen (secondary N) is 1. The van der Waals surface area contributed by atoms with Gasteiger partial charge in [-0.25, -0.2) is 4.79 Å². The highest BCUT2D eigenvalue weighted by Crippen LogP contribution is 2.27. The van der Waals surface area contributed by atoms with E-state index >= 15 is 0 Å². The molecular weight excluding hydrogens is 322 g/mol. The summed E-state index contributed by atoms with van der Waals surface area (Å²) in [5, 5.41) is 12.5. The van der Waals surface area contributed by atoms with E-state index in [9.17, 15) is 14.7 Å². The van der Waals surface area contributed by atoms with Crippen LogP contribution in [0, 0.1) is 0 Å². The molecule has 0 spiro atoms. The van der Waals surface area contributed by atoms with Crippen molar-refractivity contribution in [1.82, 2.24) is 15.2 Å². The number of carbonyl (C=O) groups excluding carboxylic acids is 1. The molecule has 0 atom stereocenters. The highest BCUT2D eigenvalue weighted by atomic mass is 16.6. The van der Waals surface area contributed by atoms with E-state index in [2.05, 4.69) is 17.2 Å². The molecule has 0 saturated carbocycles. The van der Waals surface area contributed by atoms with Gasteiger partial charge in [0.15, 0.2) is 0 Å². The molecule has 1 amide bonds. The lowest BCUT2D eigenvalue weighted by atomic mass is 9.86. The van der Waals surface area contributed by atoms with E-state index in [1.54, 1.807) is 27.0 Å². The monoisotopic (exact) mass is 349 g/mol. The lowest BCUT2D eigenvalue weighted by molar-refractivity contribution is -0.141. The van der Waals surface area contributed by atoms with E-state index in [0.29, 0.717) is 19.6 Å². The van der Waals surface area contributed by atoms with Crippen molar-refractivity contribution in [2.45, 2.75) is 58.2 Å². The van der Waals surface area contributed by atoms with Crippen molar-refractivity contribution in [2.24, 2.45) is 0 Å².